The van der Waals surface area contributed by atoms with Crippen molar-refractivity contribution < 1.29 is 4.79 Å². The second-order valence-corrected chi connectivity index (χ2v) is 1.96. The highest BCUT2D eigenvalue weighted by Crippen LogP contribution is 1.81. The van der Waals surface area contributed by atoms with Crippen LogP contribution in [0.2, 0.25) is 0 Å². The maximum atomic E-state index is 9.00. The first-order valence-electron chi connectivity index (χ1n) is 3.59. The zero-order chi connectivity index (χ0) is 10.1. The average Bonchev–Trinajstić information content (AvgIpc) is 1.87. The van der Waals surface area contributed by atoms with Gasteiger partial charge in [0.25, 0.3) is 0 Å². The van der Waals surface area contributed by atoms with Gasteiger partial charge in [-0.05, 0) is 13.8 Å². The average molecular weight is 175 g/mol. The van der Waals surface area contributed by atoms with Crippen molar-refractivity contribution >= 4 is 12.0 Å². The summed E-state index contributed by atoms with van der Waals surface area (Å²) in [6.07, 6.45) is 0. The molecule has 72 valence electrons. The van der Waals surface area contributed by atoms with Gasteiger partial charge in [0.05, 0.1) is 0 Å². The second-order valence-electron chi connectivity index (χ2n) is 1.96. The van der Waals surface area contributed by atoms with Gasteiger partial charge in [-0.2, -0.15) is 0 Å². The molecule has 0 atom stereocenters. The third-order valence-electron chi connectivity index (χ3n) is 1.10. The summed E-state index contributed by atoms with van der Waals surface area (Å²) in [7, 11) is 0. The molecule has 0 aliphatic heterocycles. The topological polar surface area (TPSA) is 122 Å². The normalized spacial score (nSPS) is 7.83. The zero-order valence-corrected chi connectivity index (χ0v) is 7.50. The van der Waals surface area contributed by atoms with Gasteiger partial charge in [-0.1, -0.05) is 0 Å². The van der Waals surface area contributed by atoms with Crippen LogP contribution in [0.25, 0.3) is 0 Å². The van der Waals surface area contributed by atoms with Gasteiger partial charge in [0.1, 0.15) is 0 Å². The van der Waals surface area contributed by atoms with Crippen molar-refractivity contribution in [3.63, 3.8) is 0 Å². The summed E-state index contributed by atoms with van der Waals surface area (Å²) in [5, 5.41) is 6.96. The number of nitrogens with zero attached hydrogens (tertiary/aromatic N) is 1. The standard InChI is InChI=1S/C5H13N3.CH4N2O/c1-3-8(4-2)5(6)7;2-1(3)4/h3-4H2,1-2H3,(H3,6,7);(H4,2,3,4). The van der Waals surface area contributed by atoms with E-state index in [1.54, 1.807) is 4.90 Å². The monoisotopic (exact) mass is 175 g/mol. The Labute approximate surface area is 72.2 Å². The molecule has 0 unspecified atom stereocenters. The van der Waals surface area contributed by atoms with E-state index in [2.05, 4.69) is 11.5 Å². The fourth-order valence-electron chi connectivity index (χ4n) is 0.564. The fourth-order valence-corrected chi connectivity index (χ4v) is 0.564. The summed E-state index contributed by atoms with van der Waals surface area (Å²) in [6.45, 7) is 5.60. The van der Waals surface area contributed by atoms with Crippen LogP contribution in [-0.4, -0.2) is 30.0 Å². The number of urea groups is 1. The Kier molecular flexibility index (Phi) is 8.38. The summed E-state index contributed by atoms with van der Waals surface area (Å²) >= 11 is 0. The molecule has 6 heteroatoms. The summed E-state index contributed by atoms with van der Waals surface area (Å²) in [5.74, 6) is 0.162. The van der Waals surface area contributed by atoms with Gasteiger partial charge in [0.15, 0.2) is 5.96 Å². The van der Waals surface area contributed by atoms with Crippen LogP contribution in [0.1, 0.15) is 13.8 Å². The molecule has 0 saturated carbocycles. The zero-order valence-electron chi connectivity index (χ0n) is 7.50. The molecule has 0 aromatic rings. The van der Waals surface area contributed by atoms with Crippen molar-refractivity contribution in [3.05, 3.63) is 0 Å². The Morgan fingerprint density at radius 2 is 1.50 bits per heavy atom. The summed E-state index contributed by atoms with van der Waals surface area (Å²) in [4.78, 5) is 10.8. The van der Waals surface area contributed by atoms with Gasteiger partial charge >= 0.3 is 6.03 Å². The van der Waals surface area contributed by atoms with E-state index in [0.29, 0.717) is 0 Å². The molecular formula is C6H17N5O. The fraction of sp³-hybridized carbons (Fsp3) is 0.667. The Balaban J connectivity index is 0. The number of hydrogen-bond donors (Lipinski definition) is 4. The van der Waals surface area contributed by atoms with Crippen LogP contribution in [0.5, 0.6) is 0 Å². The van der Waals surface area contributed by atoms with E-state index >= 15 is 0 Å². The van der Waals surface area contributed by atoms with Crippen LogP contribution in [0.4, 0.5) is 4.79 Å². The van der Waals surface area contributed by atoms with E-state index in [4.69, 9.17) is 15.9 Å². The smallest absolute Gasteiger partial charge is 0.309 e. The van der Waals surface area contributed by atoms with E-state index in [9.17, 15) is 0 Å². The van der Waals surface area contributed by atoms with Crippen LogP contribution >= 0.6 is 0 Å². The number of nitrogens with one attached hydrogen (secondary N) is 1. The molecule has 0 aromatic carbocycles. The Morgan fingerprint density at radius 1 is 1.25 bits per heavy atom. The summed E-state index contributed by atoms with van der Waals surface area (Å²) < 4.78 is 0. The molecule has 0 aromatic heterocycles. The highest BCUT2D eigenvalue weighted by Gasteiger charge is 1.96. The van der Waals surface area contributed by atoms with Gasteiger partial charge < -0.3 is 22.1 Å². The minimum atomic E-state index is -0.833. The molecular weight excluding hydrogens is 158 g/mol. The lowest BCUT2D eigenvalue weighted by molar-refractivity contribution is 0.256. The molecule has 0 aliphatic rings. The van der Waals surface area contributed by atoms with Crippen molar-refractivity contribution in [1.29, 1.82) is 5.41 Å². The first-order valence-corrected chi connectivity index (χ1v) is 3.59. The van der Waals surface area contributed by atoms with E-state index in [0.717, 1.165) is 13.1 Å². The van der Waals surface area contributed by atoms with Gasteiger partial charge in [-0.3, -0.25) is 5.41 Å². The molecule has 0 rings (SSSR count). The minimum absolute atomic E-state index is 0.162. The molecule has 2 amide bonds. The van der Waals surface area contributed by atoms with Crippen molar-refractivity contribution in [2.24, 2.45) is 17.2 Å². The largest absolute Gasteiger partial charge is 0.370 e. The van der Waals surface area contributed by atoms with E-state index in [1.165, 1.54) is 0 Å². The van der Waals surface area contributed by atoms with Gasteiger partial charge in [-0.15, -0.1) is 0 Å². The van der Waals surface area contributed by atoms with Crippen LogP contribution in [0.15, 0.2) is 0 Å². The summed E-state index contributed by atoms with van der Waals surface area (Å²) in [6, 6.07) is -0.833. The Bertz CT molecular complexity index is 139. The predicted octanol–water partition coefficient (Wildman–Crippen LogP) is -0.755. The number of guanidine groups is 1. The van der Waals surface area contributed by atoms with Gasteiger partial charge in [-0.25, -0.2) is 4.79 Å². The SMILES string of the molecule is CCN(CC)C(=N)N.NC(N)=O. The molecule has 12 heavy (non-hydrogen) atoms. The van der Waals surface area contributed by atoms with Crippen LogP contribution in [0, 0.1) is 5.41 Å². The number of nitrogens with two attached hydrogens (primary N) is 3. The minimum Gasteiger partial charge on any atom is -0.370 e. The second kappa shape index (κ2) is 7.64. The molecule has 7 N–H and O–H groups in total. The van der Waals surface area contributed by atoms with Crippen molar-refractivity contribution in [1.82, 2.24) is 4.90 Å². The molecule has 6 nitrogen and oxygen atoms in total. The van der Waals surface area contributed by atoms with Crippen LogP contribution in [0.3, 0.4) is 0 Å². The van der Waals surface area contributed by atoms with Gasteiger partial charge in [0, 0.05) is 13.1 Å². The van der Waals surface area contributed by atoms with Gasteiger partial charge in [0.2, 0.25) is 0 Å². The molecule has 0 radical (unpaired) electrons. The number of amides is 2. The number of rotatable bonds is 2. The molecule has 0 heterocycles. The van der Waals surface area contributed by atoms with Crippen LogP contribution < -0.4 is 17.2 Å². The van der Waals surface area contributed by atoms with E-state index < -0.39 is 6.03 Å². The lowest BCUT2D eigenvalue weighted by atomic mass is 10.5. The number of hydrogen-bond acceptors (Lipinski definition) is 2. The highest BCUT2D eigenvalue weighted by molar-refractivity contribution is 5.74. The molecule has 0 spiro atoms. The lowest BCUT2D eigenvalue weighted by Crippen LogP contribution is -2.35. The van der Waals surface area contributed by atoms with Crippen molar-refractivity contribution in [2.75, 3.05) is 13.1 Å². The number of carbonyl (C=O) groups excluding carboxylic acids is 1. The van der Waals surface area contributed by atoms with E-state index in [1.807, 2.05) is 13.8 Å². The maximum absolute atomic E-state index is 9.00. The lowest BCUT2D eigenvalue weighted by Gasteiger charge is -2.16. The third-order valence-corrected chi connectivity index (χ3v) is 1.10. The van der Waals surface area contributed by atoms with Crippen molar-refractivity contribution in [3.8, 4) is 0 Å². The predicted molar refractivity (Wildman–Crippen MR) is 48.6 cm³/mol. The van der Waals surface area contributed by atoms with E-state index in [-0.39, 0.29) is 5.96 Å². The van der Waals surface area contributed by atoms with Crippen molar-refractivity contribution in [2.45, 2.75) is 13.8 Å². The quantitative estimate of drug-likeness (QED) is 0.326. The Morgan fingerprint density at radius 3 is 1.50 bits per heavy atom. The molecule has 0 aliphatic carbocycles. The first kappa shape index (κ1) is 13.2. The molecule has 0 fully saturated rings. The first-order chi connectivity index (χ1) is 5.45. The van der Waals surface area contributed by atoms with Crippen LogP contribution in [-0.2, 0) is 0 Å². The molecule has 0 saturated heterocycles. The number of carbonyl (C=O) groups is 1. The third kappa shape index (κ3) is 11.4. The summed E-state index contributed by atoms with van der Waals surface area (Å²) in [5.41, 5.74) is 13.7. The maximum Gasteiger partial charge on any atom is 0.309 e. The number of primary amides is 2. The highest BCUT2D eigenvalue weighted by atomic mass is 16.2. The Hall–Kier alpha value is -1.46. The molecule has 0 bridgehead atoms.